The van der Waals surface area contributed by atoms with Gasteiger partial charge in [-0.15, -0.1) is 0 Å². The maximum Gasteiger partial charge on any atom is 0.0708 e. The van der Waals surface area contributed by atoms with Gasteiger partial charge < -0.3 is 0 Å². The summed E-state index contributed by atoms with van der Waals surface area (Å²) in [5, 5.41) is 10.6. The molecule has 120 valence electrons. The van der Waals surface area contributed by atoms with E-state index in [1.807, 2.05) is 18.3 Å². The molecule has 6 aromatic rings. The Balaban J connectivity index is 1.91. The van der Waals surface area contributed by atoms with Crippen molar-refractivity contribution >= 4 is 43.1 Å². The molecule has 26 heavy (non-hydrogen) atoms. The Bertz CT molecular complexity index is 1360. The highest BCUT2D eigenvalue weighted by atomic mass is 14.7. The van der Waals surface area contributed by atoms with E-state index in [1.54, 1.807) is 0 Å². The van der Waals surface area contributed by atoms with Crippen molar-refractivity contribution in [1.29, 1.82) is 0 Å². The average molecular weight is 329 g/mol. The fraction of sp³-hybridized carbons (Fsp3) is 0. The Hall–Kier alpha value is -3.45. The zero-order valence-corrected chi connectivity index (χ0v) is 14.1. The minimum atomic E-state index is 1.02. The van der Waals surface area contributed by atoms with Crippen LogP contribution in [0.2, 0.25) is 0 Å². The highest BCUT2D eigenvalue weighted by Gasteiger charge is 2.14. The fourth-order valence-corrected chi connectivity index (χ4v) is 4.39. The molecule has 0 saturated heterocycles. The Labute approximate surface area is 150 Å². The van der Waals surface area contributed by atoms with Crippen LogP contribution < -0.4 is 0 Å². The number of fused-ring (bicyclic) bond motifs is 2. The van der Waals surface area contributed by atoms with Crippen molar-refractivity contribution in [2.45, 2.75) is 0 Å². The summed E-state index contributed by atoms with van der Waals surface area (Å²) in [6.45, 7) is 0. The van der Waals surface area contributed by atoms with Crippen molar-refractivity contribution in [2.24, 2.45) is 0 Å². The zero-order chi connectivity index (χ0) is 17.1. The van der Waals surface area contributed by atoms with Gasteiger partial charge in [0.15, 0.2) is 0 Å². The van der Waals surface area contributed by atoms with Crippen molar-refractivity contribution in [1.82, 2.24) is 4.98 Å². The molecule has 0 unspecified atom stereocenters. The zero-order valence-electron chi connectivity index (χ0n) is 14.1. The van der Waals surface area contributed by atoms with Crippen LogP contribution >= 0.6 is 0 Å². The minimum absolute atomic E-state index is 1.02. The summed E-state index contributed by atoms with van der Waals surface area (Å²) in [7, 11) is 0. The number of nitrogens with zero attached hydrogens (tertiary/aromatic N) is 1. The highest BCUT2D eigenvalue weighted by Crippen LogP contribution is 2.42. The van der Waals surface area contributed by atoms with E-state index in [0.29, 0.717) is 0 Å². The standard InChI is InChI=1S/C25H15N/c1-2-15-26-23(12-1)17-13-14-22-20-9-4-7-16-6-3-8-19(24(16)20)21-11-5-10-18(17)25(21)22/h1-15H. The molecule has 1 heterocycles. The van der Waals surface area contributed by atoms with E-state index in [1.165, 1.54) is 48.7 Å². The second kappa shape index (κ2) is 5.03. The third-order valence-corrected chi connectivity index (χ3v) is 5.47. The predicted octanol–water partition coefficient (Wildman–Crippen LogP) is 6.80. The number of pyridine rings is 1. The molecule has 0 atom stereocenters. The molecule has 0 fully saturated rings. The van der Waals surface area contributed by atoms with Gasteiger partial charge >= 0.3 is 0 Å². The molecule has 6 rings (SSSR count). The van der Waals surface area contributed by atoms with Crippen LogP contribution in [0.15, 0.2) is 91.1 Å². The quantitative estimate of drug-likeness (QED) is 0.239. The van der Waals surface area contributed by atoms with Crippen LogP contribution in [0.1, 0.15) is 0 Å². The Morgan fingerprint density at radius 1 is 0.462 bits per heavy atom. The molecule has 0 N–H and O–H groups in total. The molecular weight excluding hydrogens is 314 g/mol. The van der Waals surface area contributed by atoms with Gasteiger partial charge in [-0.25, -0.2) is 0 Å². The second-order valence-corrected chi connectivity index (χ2v) is 6.81. The van der Waals surface area contributed by atoms with Crippen LogP contribution in [-0.4, -0.2) is 4.98 Å². The molecule has 0 aliphatic rings. The van der Waals surface area contributed by atoms with Crippen LogP contribution in [0.5, 0.6) is 0 Å². The monoisotopic (exact) mass is 329 g/mol. The molecule has 0 radical (unpaired) electrons. The van der Waals surface area contributed by atoms with E-state index < -0.39 is 0 Å². The largest absolute Gasteiger partial charge is 0.256 e. The molecule has 0 bridgehead atoms. The highest BCUT2D eigenvalue weighted by molar-refractivity contribution is 6.33. The van der Waals surface area contributed by atoms with Gasteiger partial charge in [-0.05, 0) is 55.2 Å². The van der Waals surface area contributed by atoms with Crippen LogP contribution in [0.25, 0.3) is 54.3 Å². The van der Waals surface area contributed by atoms with Crippen molar-refractivity contribution < 1.29 is 0 Å². The van der Waals surface area contributed by atoms with E-state index in [0.717, 1.165) is 5.69 Å². The van der Waals surface area contributed by atoms with Crippen molar-refractivity contribution in [2.75, 3.05) is 0 Å². The van der Waals surface area contributed by atoms with Gasteiger partial charge in [0, 0.05) is 11.8 Å². The molecule has 0 saturated carbocycles. The van der Waals surface area contributed by atoms with Crippen LogP contribution in [0.4, 0.5) is 0 Å². The van der Waals surface area contributed by atoms with Crippen molar-refractivity contribution in [3.05, 3.63) is 91.1 Å². The first-order valence-corrected chi connectivity index (χ1v) is 8.91. The summed E-state index contributed by atoms with van der Waals surface area (Å²) < 4.78 is 0. The van der Waals surface area contributed by atoms with Gasteiger partial charge in [0.1, 0.15) is 0 Å². The molecular formula is C25H15N. The summed E-state index contributed by atoms with van der Waals surface area (Å²) in [5.74, 6) is 0. The fourth-order valence-electron chi connectivity index (χ4n) is 4.39. The molecule has 0 spiro atoms. The normalized spacial score (nSPS) is 11.8. The first-order valence-electron chi connectivity index (χ1n) is 8.91. The van der Waals surface area contributed by atoms with Crippen LogP contribution in [-0.2, 0) is 0 Å². The minimum Gasteiger partial charge on any atom is -0.256 e. The second-order valence-electron chi connectivity index (χ2n) is 6.81. The molecule has 0 amide bonds. The van der Waals surface area contributed by atoms with Gasteiger partial charge in [-0.3, -0.25) is 4.98 Å². The Kier molecular flexibility index (Phi) is 2.67. The van der Waals surface area contributed by atoms with Crippen molar-refractivity contribution in [3.63, 3.8) is 0 Å². The molecule has 1 heteroatoms. The topological polar surface area (TPSA) is 12.9 Å². The summed E-state index contributed by atoms with van der Waals surface area (Å²) in [4.78, 5) is 4.59. The third-order valence-electron chi connectivity index (χ3n) is 5.47. The van der Waals surface area contributed by atoms with Gasteiger partial charge in [-0.2, -0.15) is 0 Å². The SMILES string of the molecule is c1ccc(-c2ccc3c4cccc5cccc(c6cccc2c63)c54)nc1. The number of hydrogen-bond acceptors (Lipinski definition) is 1. The first kappa shape index (κ1) is 13.8. The third kappa shape index (κ3) is 1.72. The van der Waals surface area contributed by atoms with Gasteiger partial charge in [0.2, 0.25) is 0 Å². The smallest absolute Gasteiger partial charge is 0.0708 e. The van der Waals surface area contributed by atoms with E-state index >= 15 is 0 Å². The van der Waals surface area contributed by atoms with Gasteiger partial charge in [0.25, 0.3) is 0 Å². The summed E-state index contributed by atoms with van der Waals surface area (Å²) >= 11 is 0. The Morgan fingerprint density at radius 2 is 1.12 bits per heavy atom. The van der Waals surface area contributed by atoms with E-state index in [9.17, 15) is 0 Å². The molecule has 0 aliphatic carbocycles. The summed E-state index contributed by atoms with van der Waals surface area (Å²) in [5.41, 5.74) is 2.21. The Morgan fingerprint density at radius 3 is 1.85 bits per heavy atom. The first-order chi connectivity index (χ1) is 12.9. The molecule has 0 aliphatic heterocycles. The molecule has 1 nitrogen and oxygen atoms in total. The number of aromatic nitrogens is 1. The van der Waals surface area contributed by atoms with Gasteiger partial charge in [0.05, 0.1) is 5.69 Å². The lowest BCUT2D eigenvalue weighted by Crippen LogP contribution is -1.89. The lowest BCUT2D eigenvalue weighted by Gasteiger charge is -2.16. The molecule has 1 aromatic heterocycles. The number of rotatable bonds is 1. The lowest BCUT2D eigenvalue weighted by atomic mass is 9.88. The predicted molar refractivity (Wildman–Crippen MR) is 111 cm³/mol. The van der Waals surface area contributed by atoms with E-state index in [-0.39, 0.29) is 0 Å². The lowest BCUT2D eigenvalue weighted by molar-refractivity contribution is 1.33. The van der Waals surface area contributed by atoms with Gasteiger partial charge in [-0.1, -0.05) is 72.8 Å². The molecule has 5 aromatic carbocycles. The van der Waals surface area contributed by atoms with E-state index in [2.05, 4.69) is 77.8 Å². The van der Waals surface area contributed by atoms with Crippen LogP contribution in [0.3, 0.4) is 0 Å². The summed E-state index contributed by atoms with van der Waals surface area (Å²) in [6.07, 6.45) is 1.86. The summed E-state index contributed by atoms with van der Waals surface area (Å²) in [6, 6.07) is 30.4. The number of hydrogen-bond donors (Lipinski definition) is 0. The van der Waals surface area contributed by atoms with Crippen molar-refractivity contribution in [3.8, 4) is 11.3 Å². The number of benzene rings is 5. The average Bonchev–Trinajstić information content (AvgIpc) is 2.72. The van der Waals surface area contributed by atoms with E-state index in [4.69, 9.17) is 0 Å². The van der Waals surface area contributed by atoms with Crippen LogP contribution in [0, 0.1) is 0 Å². The maximum atomic E-state index is 4.59. The maximum absolute atomic E-state index is 4.59.